The summed E-state index contributed by atoms with van der Waals surface area (Å²) in [6.07, 6.45) is 0. The summed E-state index contributed by atoms with van der Waals surface area (Å²) in [7, 11) is -3.75. The molecule has 0 aliphatic rings. The molecule has 2 N–H and O–H groups in total. The van der Waals surface area contributed by atoms with Crippen LogP contribution in [0.4, 0.5) is 0 Å². The van der Waals surface area contributed by atoms with E-state index in [2.05, 4.69) is 0 Å². The summed E-state index contributed by atoms with van der Waals surface area (Å²) in [6, 6.07) is 8.31. The van der Waals surface area contributed by atoms with E-state index in [1.807, 2.05) is 19.9 Å². The molecule has 0 aromatic heterocycles. The number of aromatic hydroxyl groups is 2. The predicted molar refractivity (Wildman–Crippen MR) is 71.1 cm³/mol. The van der Waals surface area contributed by atoms with Crippen LogP contribution in [0.25, 0.3) is 0 Å². The van der Waals surface area contributed by atoms with Crippen molar-refractivity contribution < 1.29 is 18.6 Å². The Balaban J connectivity index is 2.65. The van der Waals surface area contributed by atoms with E-state index in [1.165, 1.54) is 0 Å². The summed E-state index contributed by atoms with van der Waals surface area (Å²) in [6.45, 7) is 3.62. The van der Waals surface area contributed by atoms with Crippen molar-refractivity contribution in [2.24, 2.45) is 0 Å². The van der Waals surface area contributed by atoms with E-state index in [9.17, 15) is 18.6 Å². The molecule has 0 saturated carbocycles. The SMILES string of the molecule is Cc1cc(C)cc(S(=O)(=O)c2cc(O)cc(O)c2)c1. The Bertz CT molecular complexity index is 635. The van der Waals surface area contributed by atoms with Crippen LogP contribution in [0.2, 0.25) is 0 Å². The number of phenols is 2. The lowest BCUT2D eigenvalue weighted by molar-refractivity contribution is 0.447. The highest BCUT2D eigenvalue weighted by molar-refractivity contribution is 7.91. The molecule has 0 saturated heterocycles. The Morgan fingerprint density at radius 3 is 1.63 bits per heavy atom. The predicted octanol–water partition coefficient (Wildman–Crippen LogP) is 2.55. The van der Waals surface area contributed by atoms with Gasteiger partial charge in [-0.2, -0.15) is 0 Å². The van der Waals surface area contributed by atoms with Gasteiger partial charge in [0.05, 0.1) is 9.79 Å². The molecule has 5 heteroatoms. The van der Waals surface area contributed by atoms with Gasteiger partial charge >= 0.3 is 0 Å². The van der Waals surface area contributed by atoms with Crippen LogP contribution in [0.15, 0.2) is 46.2 Å². The lowest BCUT2D eigenvalue weighted by Crippen LogP contribution is -2.02. The van der Waals surface area contributed by atoms with Crippen LogP contribution in [-0.2, 0) is 9.84 Å². The average Bonchev–Trinajstić information content (AvgIpc) is 2.26. The number of hydrogen-bond donors (Lipinski definition) is 2. The highest BCUT2D eigenvalue weighted by atomic mass is 32.2. The van der Waals surface area contributed by atoms with E-state index in [4.69, 9.17) is 0 Å². The van der Waals surface area contributed by atoms with Crippen LogP contribution in [0, 0.1) is 13.8 Å². The van der Waals surface area contributed by atoms with Crippen LogP contribution in [0.1, 0.15) is 11.1 Å². The van der Waals surface area contributed by atoms with Gasteiger partial charge in [0.15, 0.2) is 0 Å². The van der Waals surface area contributed by atoms with Gasteiger partial charge in [0.25, 0.3) is 0 Å². The molecular weight excluding hydrogens is 264 g/mol. The van der Waals surface area contributed by atoms with Gasteiger partial charge in [-0.1, -0.05) is 6.07 Å². The minimum absolute atomic E-state index is 0.130. The van der Waals surface area contributed by atoms with Crippen LogP contribution in [0.3, 0.4) is 0 Å². The molecule has 0 unspecified atom stereocenters. The summed E-state index contributed by atoms with van der Waals surface area (Å²) in [4.78, 5) is 0.0185. The molecule has 2 aromatic carbocycles. The first-order valence-electron chi connectivity index (χ1n) is 5.65. The molecule has 4 nitrogen and oxygen atoms in total. The molecule has 0 aliphatic carbocycles. The van der Waals surface area contributed by atoms with Crippen molar-refractivity contribution in [3.63, 3.8) is 0 Å². The standard InChI is InChI=1S/C14H14O4S/c1-9-3-10(2)5-13(4-9)19(17,18)14-7-11(15)6-12(16)8-14/h3-8,15-16H,1-2H3. The number of benzene rings is 2. The first kappa shape index (κ1) is 13.4. The van der Waals surface area contributed by atoms with E-state index in [0.717, 1.165) is 29.3 Å². The third kappa shape index (κ3) is 2.71. The molecule has 2 rings (SSSR count). The fraction of sp³-hybridized carbons (Fsp3) is 0.143. The average molecular weight is 278 g/mol. The fourth-order valence-electron chi connectivity index (χ4n) is 1.95. The largest absolute Gasteiger partial charge is 0.508 e. The van der Waals surface area contributed by atoms with Gasteiger partial charge in [-0.15, -0.1) is 0 Å². The number of aryl methyl sites for hydroxylation is 2. The maximum atomic E-state index is 12.4. The van der Waals surface area contributed by atoms with Gasteiger partial charge in [0.2, 0.25) is 9.84 Å². The summed E-state index contributed by atoms with van der Waals surface area (Å²) in [5, 5.41) is 18.8. The molecule has 0 aliphatic heterocycles. The molecule has 0 spiro atoms. The van der Waals surface area contributed by atoms with Crippen molar-refractivity contribution in [2.75, 3.05) is 0 Å². The lowest BCUT2D eigenvalue weighted by Gasteiger charge is -2.08. The van der Waals surface area contributed by atoms with Crippen molar-refractivity contribution in [2.45, 2.75) is 23.6 Å². The van der Waals surface area contributed by atoms with E-state index >= 15 is 0 Å². The van der Waals surface area contributed by atoms with Gasteiger partial charge < -0.3 is 10.2 Å². The Morgan fingerprint density at radius 1 is 0.737 bits per heavy atom. The second-order valence-electron chi connectivity index (χ2n) is 4.51. The third-order valence-electron chi connectivity index (χ3n) is 2.69. The molecule has 0 fully saturated rings. The second kappa shape index (κ2) is 4.59. The minimum atomic E-state index is -3.75. The van der Waals surface area contributed by atoms with Gasteiger partial charge in [0, 0.05) is 6.07 Å². The van der Waals surface area contributed by atoms with Crippen LogP contribution in [0.5, 0.6) is 11.5 Å². The molecule has 0 amide bonds. The van der Waals surface area contributed by atoms with Gasteiger partial charge in [-0.05, 0) is 49.2 Å². The van der Waals surface area contributed by atoms with E-state index in [0.29, 0.717) is 0 Å². The smallest absolute Gasteiger partial charge is 0.206 e. The molecule has 19 heavy (non-hydrogen) atoms. The summed E-state index contributed by atoms with van der Waals surface area (Å²) in [5.41, 5.74) is 1.67. The van der Waals surface area contributed by atoms with E-state index in [1.54, 1.807) is 12.1 Å². The molecule has 0 atom stereocenters. The maximum Gasteiger partial charge on any atom is 0.206 e. The zero-order chi connectivity index (χ0) is 14.2. The summed E-state index contributed by atoms with van der Waals surface area (Å²) in [5.74, 6) is -0.578. The highest BCUT2D eigenvalue weighted by Gasteiger charge is 2.19. The second-order valence-corrected chi connectivity index (χ2v) is 6.46. The van der Waals surface area contributed by atoms with E-state index in [-0.39, 0.29) is 21.3 Å². The third-order valence-corrected chi connectivity index (χ3v) is 4.40. The zero-order valence-corrected chi connectivity index (χ0v) is 11.4. The van der Waals surface area contributed by atoms with Crippen LogP contribution in [-0.4, -0.2) is 18.6 Å². The van der Waals surface area contributed by atoms with Gasteiger partial charge in [-0.3, -0.25) is 0 Å². The van der Waals surface area contributed by atoms with Crippen molar-refractivity contribution in [1.82, 2.24) is 0 Å². The van der Waals surface area contributed by atoms with Crippen molar-refractivity contribution in [1.29, 1.82) is 0 Å². The molecule has 0 radical (unpaired) electrons. The Morgan fingerprint density at radius 2 is 1.16 bits per heavy atom. The first-order valence-corrected chi connectivity index (χ1v) is 7.14. The van der Waals surface area contributed by atoms with Crippen molar-refractivity contribution in [3.05, 3.63) is 47.5 Å². The molecule has 0 bridgehead atoms. The Hall–Kier alpha value is -2.01. The lowest BCUT2D eigenvalue weighted by atomic mass is 10.2. The highest BCUT2D eigenvalue weighted by Crippen LogP contribution is 2.29. The first-order chi connectivity index (χ1) is 8.79. The molecule has 0 heterocycles. The number of rotatable bonds is 2. The van der Waals surface area contributed by atoms with Crippen LogP contribution < -0.4 is 0 Å². The normalized spacial score (nSPS) is 11.5. The molecular formula is C14H14O4S. The summed E-state index contributed by atoms with van der Waals surface area (Å²) < 4.78 is 24.8. The van der Waals surface area contributed by atoms with Crippen molar-refractivity contribution in [3.8, 4) is 11.5 Å². The summed E-state index contributed by atoms with van der Waals surface area (Å²) >= 11 is 0. The quantitative estimate of drug-likeness (QED) is 0.885. The topological polar surface area (TPSA) is 74.6 Å². The zero-order valence-electron chi connectivity index (χ0n) is 10.6. The fourth-order valence-corrected chi connectivity index (χ4v) is 3.45. The number of hydrogen-bond acceptors (Lipinski definition) is 4. The Labute approximate surface area is 111 Å². The number of sulfone groups is 1. The monoisotopic (exact) mass is 278 g/mol. The molecule has 2 aromatic rings. The van der Waals surface area contributed by atoms with Gasteiger partial charge in [-0.25, -0.2) is 8.42 Å². The van der Waals surface area contributed by atoms with Gasteiger partial charge in [0.1, 0.15) is 11.5 Å². The minimum Gasteiger partial charge on any atom is -0.508 e. The van der Waals surface area contributed by atoms with Crippen LogP contribution >= 0.6 is 0 Å². The van der Waals surface area contributed by atoms with E-state index < -0.39 is 9.84 Å². The van der Waals surface area contributed by atoms with Crippen molar-refractivity contribution >= 4 is 9.84 Å². The molecule has 100 valence electrons. The maximum absolute atomic E-state index is 12.4. The Kier molecular flexibility index (Phi) is 3.24. The number of phenolic OH excluding ortho intramolecular Hbond substituents is 2.